The number of hydrogen-bond acceptors (Lipinski definition) is 4. The summed E-state index contributed by atoms with van der Waals surface area (Å²) in [4.78, 5) is 12.4. The zero-order chi connectivity index (χ0) is 23.4. The molecule has 0 atom stereocenters. The number of fused-ring (bicyclic) bond motifs is 1. The van der Waals surface area contributed by atoms with Crippen molar-refractivity contribution in [1.82, 2.24) is 10.6 Å². The van der Waals surface area contributed by atoms with Crippen LogP contribution >= 0.6 is 23.2 Å². The van der Waals surface area contributed by atoms with E-state index in [2.05, 4.69) is 16.0 Å². The van der Waals surface area contributed by atoms with Gasteiger partial charge in [-0.05, 0) is 65.6 Å². The van der Waals surface area contributed by atoms with Gasteiger partial charge in [0.25, 0.3) is 0 Å². The first kappa shape index (κ1) is 23.6. The Morgan fingerprint density at radius 2 is 1.79 bits per heavy atom. The molecule has 0 aliphatic carbocycles. The van der Waals surface area contributed by atoms with Gasteiger partial charge in [-0.25, -0.2) is 13.2 Å². The molecule has 2 amide bonds. The van der Waals surface area contributed by atoms with Crippen LogP contribution in [0.1, 0.15) is 22.3 Å². The van der Waals surface area contributed by atoms with E-state index in [1.54, 1.807) is 30.3 Å². The highest BCUT2D eigenvalue weighted by atomic mass is 35.5. The summed E-state index contributed by atoms with van der Waals surface area (Å²) in [6.07, 6.45) is 0.955. The van der Waals surface area contributed by atoms with Crippen molar-refractivity contribution in [3.8, 4) is 0 Å². The fourth-order valence-electron chi connectivity index (χ4n) is 3.71. The average Bonchev–Trinajstić information content (AvgIpc) is 2.80. The van der Waals surface area contributed by atoms with Crippen LogP contribution in [0.5, 0.6) is 0 Å². The molecule has 0 spiro atoms. The minimum Gasteiger partial charge on any atom is -0.334 e. The van der Waals surface area contributed by atoms with Gasteiger partial charge in [-0.3, -0.25) is 0 Å². The zero-order valence-electron chi connectivity index (χ0n) is 17.7. The minimum absolute atomic E-state index is 0.0755. The Balaban J connectivity index is 1.37. The van der Waals surface area contributed by atoms with E-state index < -0.39 is 15.9 Å². The van der Waals surface area contributed by atoms with E-state index >= 15 is 0 Å². The van der Waals surface area contributed by atoms with Gasteiger partial charge in [0.05, 0.1) is 20.7 Å². The van der Waals surface area contributed by atoms with Crippen molar-refractivity contribution in [2.75, 3.05) is 11.9 Å². The van der Waals surface area contributed by atoms with Gasteiger partial charge in [0.2, 0.25) is 0 Å². The fourth-order valence-corrected chi connectivity index (χ4v) is 5.43. The second kappa shape index (κ2) is 10.1. The molecule has 33 heavy (non-hydrogen) atoms. The lowest BCUT2D eigenvalue weighted by Gasteiger charge is -2.18. The van der Waals surface area contributed by atoms with Crippen LogP contribution in [-0.4, -0.2) is 21.0 Å². The van der Waals surface area contributed by atoms with E-state index in [0.717, 1.165) is 30.6 Å². The van der Waals surface area contributed by atoms with E-state index in [4.69, 9.17) is 23.2 Å². The third-order valence-electron chi connectivity index (χ3n) is 5.46. The predicted molar refractivity (Wildman–Crippen MR) is 132 cm³/mol. The largest absolute Gasteiger partial charge is 0.334 e. The number of benzene rings is 3. The molecule has 172 valence electrons. The predicted octanol–water partition coefficient (Wildman–Crippen LogP) is 4.93. The summed E-state index contributed by atoms with van der Waals surface area (Å²) in [5.41, 5.74) is 4.35. The molecule has 9 heteroatoms. The standard InChI is InChI=1S/C24H23Cl2N3O3S/c25-22-3-1-2-18(23(22)26)14-28-24(30)29-20-6-8-21(9-7-20)33(31,32)15-16-4-5-17-10-11-27-13-19(17)12-16/h1-9,12,27H,10-11,13-15H2,(H2,28,29,30). The topological polar surface area (TPSA) is 87.3 Å². The number of halogens is 2. The maximum absolute atomic E-state index is 12.9. The number of carbonyl (C=O) groups excluding carboxylic acids is 1. The van der Waals surface area contributed by atoms with Crippen LogP contribution in [-0.2, 0) is 35.1 Å². The lowest BCUT2D eigenvalue weighted by atomic mass is 9.99. The van der Waals surface area contributed by atoms with Crippen molar-refractivity contribution in [2.24, 2.45) is 0 Å². The third kappa shape index (κ3) is 5.86. The molecule has 1 aliphatic rings. The zero-order valence-corrected chi connectivity index (χ0v) is 20.0. The van der Waals surface area contributed by atoms with Crippen molar-refractivity contribution in [1.29, 1.82) is 0 Å². The number of nitrogens with one attached hydrogen (secondary N) is 3. The lowest BCUT2D eigenvalue weighted by molar-refractivity contribution is 0.251. The molecule has 0 aromatic heterocycles. The molecule has 3 aromatic rings. The van der Waals surface area contributed by atoms with E-state index in [1.165, 1.54) is 17.7 Å². The van der Waals surface area contributed by atoms with Crippen LogP contribution in [0.2, 0.25) is 10.0 Å². The van der Waals surface area contributed by atoms with E-state index in [9.17, 15) is 13.2 Å². The molecule has 0 saturated heterocycles. The van der Waals surface area contributed by atoms with Crippen molar-refractivity contribution in [2.45, 2.75) is 30.2 Å². The number of amides is 2. The fraction of sp³-hybridized carbons (Fsp3) is 0.208. The molecule has 0 saturated carbocycles. The van der Waals surface area contributed by atoms with Gasteiger partial charge in [0.1, 0.15) is 0 Å². The van der Waals surface area contributed by atoms with Gasteiger partial charge < -0.3 is 16.0 Å². The van der Waals surface area contributed by atoms with Gasteiger partial charge in [-0.1, -0.05) is 53.5 Å². The Kier molecular flexibility index (Phi) is 7.24. The lowest BCUT2D eigenvalue weighted by Crippen LogP contribution is -2.28. The molecule has 3 aromatic carbocycles. The third-order valence-corrected chi connectivity index (χ3v) is 8.02. The Hall–Kier alpha value is -2.58. The summed E-state index contributed by atoms with van der Waals surface area (Å²) in [7, 11) is -3.52. The molecule has 3 N–H and O–H groups in total. The highest BCUT2D eigenvalue weighted by molar-refractivity contribution is 7.90. The van der Waals surface area contributed by atoms with Crippen molar-refractivity contribution in [3.63, 3.8) is 0 Å². The van der Waals surface area contributed by atoms with Crippen LogP contribution in [0.15, 0.2) is 65.6 Å². The van der Waals surface area contributed by atoms with E-state index in [-0.39, 0.29) is 17.2 Å². The molecule has 1 aliphatic heterocycles. The summed E-state index contributed by atoms with van der Waals surface area (Å²) in [5, 5.41) is 9.50. The molecule has 0 unspecified atom stereocenters. The normalized spacial score (nSPS) is 13.3. The number of anilines is 1. The minimum atomic E-state index is -3.52. The second-order valence-electron chi connectivity index (χ2n) is 7.83. The molecular formula is C24H23Cl2N3O3S. The van der Waals surface area contributed by atoms with Gasteiger partial charge in [-0.2, -0.15) is 0 Å². The maximum atomic E-state index is 12.9. The summed E-state index contributed by atoms with van der Waals surface area (Å²) in [5.74, 6) is -0.0755. The molecule has 0 fully saturated rings. The van der Waals surface area contributed by atoms with Crippen LogP contribution < -0.4 is 16.0 Å². The first-order valence-corrected chi connectivity index (χ1v) is 12.8. The SMILES string of the molecule is O=C(NCc1cccc(Cl)c1Cl)Nc1ccc(S(=O)(=O)Cc2ccc3c(c2)CNCC3)cc1. The second-order valence-corrected chi connectivity index (χ2v) is 10.6. The number of sulfone groups is 1. The Labute approximate surface area is 203 Å². The van der Waals surface area contributed by atoms with Gasteiger partial charge >= 0.3 is 6.03 Å². The first-order valence-electron chi connectivity index (χ1n) is 10.4. The Morgan fingerprint density at radius 1 is 1.00 bits per heavy atom. The highest BCUT2D eigenvalue weighted by Gasteiger charge is 2.17. The average molecular weight is 504 g/mol. The maximum Gasteiger partial charge on any atom is 0.319 e. The summed E-state index contributed by atoms with van der Waals surface area (Å²) < 4.78 is 25.8. The Bertz CT molecular complexity index is 1280. The molecule has 0 radical (unpaired) electrons. The molecule has 0 bridgehead atoms. The van der Waals surface area contributed by atoms with Gasteiger partial charge in [0.15, 0.2) is 9.84 Å². The monoisotopic (exact) mass is 503 g/mol. The number of carbonyl (C=O) groups is 1. The van der Waals surface area contributed by atoms with Crippen molar-refractivity contribution >= 4 is 44.8 Å². The first-order chi connectivity index (χ1) is 15.8. The smallest absolute Gasteiger partial charge is 0.319 e. The van der Waals surface area contributed by atoms with Crippen LogP contribution in [0.25, 0.3) is 0 Å². The van der Waals surface area contributed by atoms with E-state index in [0.29, 0.717) is 21.3 Å². The van der Waals surface area contributed by atoms with Crippen LogP contribution in [0, 0.1) is 0 Å². The number of hydrogen-bond donors (Lipinski definition) is 3. The molecular weight excluding hydrogens is 481 g/mol. The van der Waals surface area contributed by atoms with E-state index in [1.807, 2.05) is 18.2 Å². The Morgan fingerprint density at radius 3 is 2.58 bits per heavy atom. The van der Waals surface area contributed by atoms with Crippen LogP contribution in [0.3, 0.4) is 0 Å². The van der Waals surface area contributed by atoms with Crippen molar-refractivity contribution < 1.29 is 13.2 Å². The summed E-state index contributed by atoms with van der Waals surface area (Å²) in [6, 6.07) is 16.7. The van der Waals surface area contributed by atoms with Gasteiger partial charge in [0, 0.05) is 18.8 Å². The summed E-state index contributed by atoms with van der Waals surface area (Å²) >= 11 is 12.1. The van der Waals surface area contributed by atoms with Crippen molar-refractivity contribution in [3.05, 3.63) is 93.0 Å². The molecule has 4 rings (SSSR count). The van der Waals surface area contributed by atoms with Gasteiger partial charge in [-0.15, -0.1) is 0 Å². The number of urea groups is 1. The van der Waals surface area contributed by atoms with Crippen LogP contribution in [0.4, 0.5) is 10.5 Å². The molecule has 6 nitrogen and oxygen atoms in total. The summed E-state index contributed by atoms with van der Waals surface area (Å²) in [6.45, 7) is 1.90. The molecule has 1 heterocycles. The quantitative estimate of drug-likeness (QED) is 0.444. The number of rotatable bonds is 6. The highest BCUT2D eigenvalue weighted by Crippen LogP contribution is 2.25.